The Morgan fingerprint density at radius 2 is 2.00 bits per heavy atom. The molecule has 1 aliphatic heterocycles. The van der Waals surface area contributed by atoms with Gasteiger partial charge in [0.25, 0.3) is 0 Å². The molecular weight excluding hydrogens is 314 g/mol. The molecule has 0 radical (unpaired) electrons. The Labute approximate surface area is 129 Å². The van der Waals surface area contributed by atoms with Crippen LogP contribution in [0.1, 0.15) is 10.4 Å². The lowest BCUT2D eigenvalue weighted by Crippen LogP contribution is -2.15. The molecule has 0 aliphatic carbocycles. The first kappa shape index (κ1) is 14.0. The number of rotatable bonds is 3. The minimum absolute atomic E-state index is 0.0616. The van der Waals surface area contributed by atoms with Gasteiger partial charge in [0.2, 0.25) is 0 Å². The van der Waals surface area contributed by atoms with Crippen molar-refractivity contribution in [3.8, 4) is 11.5 Å². The van der Waals surface area contributed by atoms with E-state index in [2.05, 4.69) is 4.98 Å². The summed E-state index contributed by atoms with van der Waals surface area (Å²) in [5.41, 5.74) is 0.0616. The normalized spacial score (nSPS) is 13.0. The highest BCUT2D eigenvalue weighted by Gasteiger charge is 2.14. The molecule has 1 N–H and O–H groups in total. The minimum Gasteiger partial charge on any atom is -0.486 e. The van der Waals surface area contributed by atoms with Gasteiger partial charge in [0.15, 0.2) is 11.5 Å². The molecule has 2 heterocycles. The van der Waals surface area contributed by atoms with Crippen LogP contribution >= 0.6 is 23.4 Å². The van der Waals surface area contributed by atoms with Gasteiger partial charge in [-0.3, -0.25) is 0 Å². The van der Waals surface area contributed by atoms with E-state index in [0.29, 0.717) is 34.8 Å². The zero-order chi connectivity index (χ0) is 14.8. The van der Waals surface area contributed by atoms with Gasteiger partial charge in [-0.2, -0.15) is 0 Å². The summed E-state index contributed by atoms with van der Waals surface area (Å²) in [5, 5.41) is 9.73. The minimum atomic E-state index is -1.06. The van der Waals surface area contributed by atoms with Gasteiger partial charge in [0.1, 0.15) is 18.2 Å². The number of pyridine rings is 1. The van der Waals surface area contributed by atoms with E-state index in [1.165, 1.54) is 24.0 Å². The van der Waals surface area contributed by atoms with Crippen molar-refractivity contribution in [3.63, 3.8) is 0 Å². The molecule has 2 aromatic rings. The number of hydrogen-bond acceptors (Lipinski definition) is 5. The fraction of sp³-hybridized carbons (Fsp3) is 0.143. The van der Waals surface area contributed by atoms with E-state index in [0.717, 1.165) is 4.90 Å². The Bertz CT molecular complexity index is 707. The van der Waals surface area contributed by atoms with Crippen LogP contribution in [-0.2, 0) is 0 Å². The Morgan fingerprint density at radius 1 is 1.24 bits per heavy atom. The highest BCUT2D eigenvalue weighted by molar-refractivity contribution is 7.99. The van der Waals surface area contributed by atoms with Crippen molar-refractivity contribution in [1.82, 2.24) is 4.98 Å². The number of ether oxygens (including phenoxy) is 2. The second kappa shape index (κ2) is 5.83. The van der Waals surface area contributed by atoms with E-state index in [1.807, 2.05) is 18.2 Å². The molecule has 0 amide bonds. The highest BCUT2D eigenvalue weighted by Crippen LogP contribution is 2.38. The monoisotopic (exact) mass is 323 g/mol. The van der Waals surface area contributed by atoms with Crippen LogP contribution in [0.4, 0.5) is 0 Å². The van der Waals surface area contributed by atoms with E-state index >= 15 is 0 Å². The lowest BCUT2D eigenvalue weighted by atomic mass is 10.3. The van der Waals surface area contributed by atoms with Gasteiger partial charge in [0, 0.05) is 11.1 Å². The fourth-order valence-electron chi connectivity index (χ4n) is 1.82. The van der Waals surface area contributed by atoms with Gasteiger partial charge in [-0.15, -0.1) is 0 Å². The first-order chi connectivity index (χ1) is 10.1. The number of aromatic carboxylic acids is 1. The van der Waals surface area contributed by atoms with Crippen molar-refractivity contribution < 1.29 is 19.4 Å². The van der Waals surface area contributed by atoms with Gasteiger partial charge >= 0.3 is 5.97 Å². The number of hydrogen-bond donors (Lipinski definition) is 1. The molecular formula is C14H10ClNO4S. The Hall–Kier alpha value is -1.92. The molecule has 0 atom stereocenters. The van der Waals surface area contributed by atoms with Crippen LogP contribution in [0.2, 0.25) is 5.02 Å². The van der Waals surface area contributed by atoms with Crippen LogP contribution in [0.5, 0.6) is 11.5 Å². The number of carboxylic acid groups (broad SMARTS) is 1. The first-order valence-electron chi connectivity index (χ1n) is 6.10. The Morgan fingerprint density at radius 3 is 2.71 bits per heavy atom. The third kappa shape index (κ3) is 3.06. The van der Waals surface area contributed by atoms with Crippen LogP contribution in [0.15, 0.2) is 40.4 Å². The van der Waals surface area contributed by atoms with Crippen LogP contribution in [0, 0.1) is 0 Å². The average molecular weight is 324 g/mol. The van der Waals surface area contributed by atoms with Gasteiger partial charge in [-0.1, -0.05) is 23.4 Å². The Balaban J connectivity index is 1.85. The molecule has 1 aromatic heterocycles. The molecule has 0 bridgehead atoms. The van der Waals surface area contributed by atoms with E-state index < -0.39 is 5.97 Å². The van der Waals surface area contributed by atoms with Crippen molar-refractivity contribution in [3.05, 3.63) is 41.0 Å². The summed E-state index contributed by atoms with van der Waals surface area (Å²) in [6.07, 6.45) is 1.29. The summed E-state index contributed by atoms with van der Waals surface area (Å²) in [5.74, 6) is 0.343. The molecule has 21 heavy (non-hydrogen) atoms. The Kier molecular flexibility index (Phi) is 3.90. The lowest BCUT2D eigenvalue weighted by Gasteiger charge is -2.18. The van der Waals surface area contributed by atoms with Crippen molar-refractivity contribution in [1.29, 1.82) is 0 Å². The summed E-state index contributed by atoms with van der Waals surface area (Å²) in [6.45, 7) is 1.07. The highest BCUT2D eigenvalue weighted by atomic mass is 35.5. The molecule has 5 nitrogen and oxygen atoms in total. The van der Waals surface area contributed by atoms with E-state index in [4.69, 9.17) is 26.2 Å². The van der Waals surface area contributed by atoms with Crippen LogP contribution in [0.3, 0.4) is 0 Å². The molecule has 1 aromatic carbocycles. The topological polar surface area (TPSA) is 68.7 Å². The summed E-state index contributed by atoms with van der Waals surface area (Å²) in [7, 11) is 0. The van der Waals surface area contributed by atoms with Crippen LogP contribution < -0.4 is 9.47 Å². The maximum absolute atomic E-state index is 10.8. The van der Waals surface area contributed by atoms with E-state index in [-0.39, 0.29) is 5.56 Å². The van der Waals surface area contributed by atoms with Crippen molar-refractivity contribution in [2.24, 2.45) is 0 Å². The van der Waals surface area contributed by atoms with Gasteiger partial charge in [0.05, 0.1) is 10.6 Å². The molecule has 3 rings (SSSR count). The molecule has 0 saturated carbocycles. The number of carboxylic acids is 1. The SMILES string of the molecule is O=C(O)c1cnc(Sc2ccc3c(c2)OCCO3)c(Cl)c1. The van der Waals surface area contributed by atoms with Crippen LogP contribution in [0.25, 0.3) is 0 Å². The summed E-state index contributed by atoms with van der Waals surface area (Å²) in [6, 6.07) is 6.94. The van der Waals surface area contributed by atoms with Crippen molar-refractivity contribution in [2.45, 2.75) is 9.92 Å². The number of nitrogens with zero attached hydrogens (tertiary/aromatic N) is 1. The first-order valence-corrected chi connectivity index (χ1v) is 7.29. The van der Waals surface area contributed by atoms with E-state index in [1.54, 1.807) is 0 Å². The van der Waals surface area contributed by atoms with Crippen molar-refractivity contribution in [2.75, 3.05) is 13.2 Å². The average Bonchev–Trinajstić information content (AvgIpc) is 2.49. The number of halogens is 1. The number of carbonyl (C=O) groups is 1. The zero-order valence-electron chi connectivity index (χ0n) is 10.7. The largest absolute Gasteiger partial charge is 0.486 e. The molecule has 0 saturated heterocycles. The quantitative estimate of drug-likeness (QED) is 0.934. The van der Waals surface area contributed by atoms with E-state index in [9.17, 15) is 4.79 Å². The standard InChI is InChI=1S/C14H10ClNO4S/c15-10-5-8(14(17)18)7-16-13(10)21-9-1-2-11-12(6-9)20-4-3-19-11/h1-2,5-7H,3-4H2,(H,17,18). The zero-order valence-corrected chi connectivity index (χ0v) is 12.3. The van der Waals surface area contributed by atoms with Gasteiger partial charge < -0.3 is 14.6 Å². The number of benzene rings is 1. The molecule has 108 valence electrons. The van der Waals surface area contributed by atoms with Gasteiger partial charge in [-0.25, -0.2) is 9.78 Å². The number of fused-ring (bicyclic) bond motifs is 1. The van der Waals surface area contributed by atoms with Crippen LogP contribution in [-0.4, -0.2) is 29.3 Å². The second-order valence-corrected chi connectivity index (χ2v) is 5.69. The summed E-state index contributed by atoms with van der Waals surface area (Å²) < 4.78 is 11.0. The predicted molar refractivity (Wildman–Crippen MR) is 77.8 cm³/mol. The smallest absolute Gasteiger partial charge is 0.337 e. The maximum atomic E-state index is 10.8. The fourth-order valence-corrected chi connectivity index (χ4v) is 2.89. The maximum Gasteiger partial charge on any atom is 0.337 e. The molecule has 0 spiro atoms. The molecule has 0 unspecified atom stereocenters. The molecule has 7 heteroatoms. The molecule has 0 fully saturated rings. The lowest BCUT2D eigenvalue weighted by molar-refractivity contribution is 0.0696. The number of aromatic nitrogens is 1. The summed E-state index contributed by atoms with van der Waals surface area (Å²) >= 11 is 7.40. The molecule has 1 aliphatic rings. The third-order valence-electron chi connectivity index (χ3n) is 2.78. The van der Waals surface area contributed by atoms with Gasteiger partial charge in [-0.05, 0) is 24.3 Å². The third-order valence-corrected chi connectivity index (χ3v) is 4.19. The predicted octanol–water partition coefficient (Wildman–Crippen LogP) is 3.36. The van der Waals surface area contributed by atoms with Crippen molar-refractivity contribution >= 4 is 29.3 Å². The summed E-state index contributed by atoms with van der Waals surface area (Å²) in [4.78, 5) is 15.8. The second-order valence-electron chi connectivity index (χ2n) is 4.22.